The second kappa shape index (κ2) is 63.8. The van der Waals surface area contributed by atoms with Crippen molar-refractivity contribution in [3.05, 3.63) is 36.5 Å². The maximum absolute atomic E-state index is 10.3. The third-order valence-electron chi connectivity index (χ3n) is 12.7. The third-order valence-corrected chi connectivity index (χ3v) is 12.7. The molecule has 0 aliphatic heterocycles. The van der Waals surface area contributed by atoms with Gasteiger partial charge in [0, 0.05) is 19.3 Å². The molecule has 0 spiro atoms. The van der Waals surface area contributed by atoms with E-state index in [0.29, 0.717) is 19.3 Å². The minimum atomic E-state index is -1.67. The van der Waals surface area contributed by atoms with Crippen molar-refractivity contribution in [2.45, 2.75) is 314 Å². The number of allylic oxidation sites excluding steroid dienone is 3. The molecule has 12 N–H and O–H groups in total. The molecule has 7 atom stereocenters. The van der Waals surface area contributed by atoms with Crippen molar-refractivity contribution in [1.82, 2.24) is 0 Å². The van der Waals surface area contributed by atoms with E-state index in [1.807, 2.05) is 0 Å². The van der Waals surface area contributed by atoms with Gasteiger partial charge in [0.1, 0.15) is 24.4 Å². The Morgan fingerprint density at radius 2 is 0.547 bits per heavy atom. The smallest absolute Gasteiger partial charge is 0.303 e. The van der Waals surface area contributed by atoms with Crippen LogP contribution in [0.1, 0.15) is 271 Å². The summed E-state index contributed by atoms with van der Waals surface area (Å²) in [5.74, 6) is -2.07. The Kier molecular flexibility index (Phi) is 67.0. The van der Waals surface area contributed by atoms with Crippen LogP contribution in [0, 0.1) is 0 Å². The molecular weight excluding hydrogens is 961 g/mol. The van der Waals surface area contributed by atoms with Crippen molar-refractivity contribution < 1.29 is 75.7 Å². The van der Waals surface area contributed by atoms with Gasteiger partial charge >= 0.3 is 17.9 Å². The summed E-state index contributed by atoms with van der Waals surface area (Å²) in [6, 6.07) is 0. The Bertz CT molecular complexity index is 1140. The summed E-state index contributed by atoms with van der Waals surface area (Å²) in [5, 5.41) is 107. The van der Waals surface area contributed by atoms with E-state index in [9.17, 15) is 29.7 Å². The highest BCUT2D eigenvalue weighted by Gasteiger charge is 2.29. The van der Waals surface area contributed by atoms with E-state index in [1.165, 1.54) is 77.0 Å². The maximum Gasteiger partial charge on any atom is 0.303 e. The van der Waals surface area contributed by atoms with Crippen LogP contribution in [0.3, 0.4) is 0 Å². The zero-order valence-electron chi connectivity index (χ0n) is 47.6. The number of hydrogen-bond acceptors (Lipinski definition) is 12. The molecule has 0 aromatic heterocycles. The number of aliphatic hydroxyl groups excluding tert-OH is 9. The Labute approximate surface area is 455 Å². The average Bonchev–Trinajstić information content (AvgIpc) is 3.38. The van der Waals surface area contributed by atoms with Crippen LogP contribution in [-0.2, 0) is 14.4 Å². The van der Waals surface area contributed by atoms with Gasteiger partial charge in [0.2, 0.25) is 0 Å². The van der Waals surface area contributed by atoms with Crippen LogP contribution in [0.5, 0.6) is 0 Å². The van der Waals surface area contributed by atoms with E-state index in [0.717, 1.165) is 154 Å². The topological polar surface area (TPSA) is 294 Å². The summed E-state index contributed by atoms with van der Waals surface area (Å²) in [4.78, 5) is 31.0. The van der Waals surface area contributed by atoms with Gasteiger partial charge in [0.25, 0.3) is 0 Å². The number of hydrogen-bond donors (Lipinski definition) is 12. The molecule has 0 saturated carbocycles. The lowest BCUT2D eigenvalue weighted by molar-refractivity contribution is -0.138. The molecule has 0 fully saturated rings. The van der Waals surface area contributed by atoms with Crippen molar-refractivity contribution in [3.8, 4) is 0 Å². The number of carboxylic acids is 3. The quantitative estimate of drug-likeness (QED) is 0.0199. The standard InChI is InChI=1S/3C18H34O3.C6H14O6/c3*1-2-3-4-11-14-17(19)15-12-9-7-5-6-8-10-13-16-18(20)21;7-1-3(9)5(11)6(12)4(10)2-8/h3*9,12,17,19H,2-8,10-11,13-16H2,1H3,(H,20,21);3-12H,1-2H2/b3*12-9-;/t3*17-;3-,4+,5-,6-/m1111/s1. The van der Waals surface area contributed by atoms with E-state index >= 15 is 0 Å². The Balaban J connectivity index is -0.000000456. The molecule has 15 heteroatoms. The summed E-state index contributed by atoms with van der Waals surface area (Å²) >= 11 is 0. The van der Waals surface area contributed by atoms with Crippen LogP contribution in [0.25, 0.3) is 0 Å². The fourth-order valence-corrected chi connectivity index (χ4v) is 7.76. The molecule has 0 aliphatic rings. The van der Waals surface area contributed by atoms with Crippen molar-refractivity contribution in [3.63, 3.8) is 0 Å². The molecule has 0 unspecified atom stereocenters. The zero-order valence-corrected chi connectivity index (χ0v) is 47.6. The highest BCUT2D eigenvalue weighted by molar-refractivity contribution is 5.67. The van der Waals surface area contributed by atoms with Crippen LogP contribution in [0.4, 0.5) is 0 Å². The molecule has 0 bridgehead atoms. The Morgan fingerprint density at radius 1 is 0.320 bits per heavy atom. The number of aliphatic carboxylic acids is 3. The summed E-state index contributed by atoms with van der Waals surface area (Å²) in [7, 11) is 0. The zero-order chi connectivity index (χ0) is 57.0. The summed E-state index contributed by atoms with van der Waals surface area (Å²) in [6.45, 7) is 5.15. The second-order valence-corrected chi connectivity index (χ2v) is 20.2. The van der Waals surface area contributed by atoms with Crippen molar-refractivity contribution in [1.29, 1.82) is 0 Å². The van der Waals surface area contributed by atoms with Crippen LogP contribution in [-0.4, -0.2) is 135 Å². The van der Waals surface area contributed by atoms with E-state index in [-0.39, 0.29) is 18.3 Å². The molecule has 0 aliphatic carbocycles. The van der Waals surface area contributed by atoms with Gasteiger partial charge in [-0.1, -0.05) is 192 Å². The number of rotatable bonds is 50. The van der Waals surface area contributed by atoms with Crippen LogP contribution in [0.2, 0.25) is 0 Å². The molecule has 0 rings (SSSR count). The first-order chi connectivity index (χ1) is 36.0. The summed E-state index contributed by atoms with van der Waals surface area (Å²) in [5.41, 5.74) is 0. The molecule has 446 valence electrons. The van der Waals surface area contributed by atoms with Crippen LogP contribution < -0.4 is 0 Å². The molecule has 0 heterocycles. The first-order valence-corrected chi connectivity index (χ1v) is 29.6. The first kappa shape index (κ1) is 78.8. The molecule has 0 radical (unpaired) electrons. The highest BCUT2D eigenvalue weighted by Crippen LogP contribution is 2.14. The normalized spacial score (nSPS) is 14.2. The van der Waals surface area contributed by atoms with Gasteiger partial charge in [0.15, 0.2) is 0 Å². The molecular formula is C60H116O15. The monoisotopic (exact) mass is 1080 g/mol. The van der Waals surface area contributed by atoms with Gasteiger partial charge in [-0.3, -0.25) is 14.4 Å². The van der Waals surface area contributed by atoms with E-state index in [1.54, 1.807) is 0 Å². The predicted octanol–water partition coefficient (Wildman–Crippen LogP) is 11.7. The summed E-state index contributed by atoms with van der Waals surface area (Å²) in [6.07, 6.45) is 45.7. The Morgan fingerprint density at radius 3 is 0.773 bits per heavy atom. The lowest BCUT2D eigenvalue weighted by atomic mass is 10.0. The van der Waals surface area contributed by atoms with Crippen LogP contribution in [0.15, 0.2) is 36.5 Å². The fraction of sp³-hybridized carbons (Fsp3) is 0.850. The van der Waals surface area contributed by atoms with E-state index in [2.05, 4.69) is 57.2 Å². The molecule has 75 heavy (non-hydrogen) atoms. The number of unbranched alkanes of at least 4 members (excludes halogenated alkanes) is 24. The van der Waals surface area contributed by atoms with Crippen molar-refractivity contribution in [2.75, 3.05) is 13.2 Å². The molecule has 0 amide bonds. The van der Waals surface area contributed by atoms with E-state index in [4.69, 9.17) is 46.0 Å². The van der Waals surface area contributed by atoms with Crippen molar-refractivity contribution in [2.24, 2.45) is 0 Å². The highest BCUT2D eigenvalue weighted by atomic mass is 16.4. The molecule has 0 aromatic carbocycles. The van der Waals surface area contributed by atoms with Crippen molar-refractivity contribution >= 4 is 17.9 Å². The Hall–Kier alpha value is -2.73. The lowest BCUT2D eigenvalue weighted by Gasteiger charge is -2.24. The van der Waals surface area contributed by atoms with Gasteiger partial charge in [-0.25, -0.2) is 0 Å². The number of carbonyl (C=O) groups is 3. The SMILES string of the molecule is CCCCCC[C@@H](O)C/C=C\CCCCCCCC(=O)O.CCCCCC[C@@H](O)C/C=C\CCCCCCCC(=O)O.CCCCCC[C@@H](O)C/C=C\CCCCCCCC(=O)O.OC[C@@H](O)[C@@H](O)[C@H](O)[C@@H](O)CO. The fourth-order valence-electron chi connectivity index (χ4n) is 7.76. The summed E-state index contributed by atoms with van der Waals surface area (Å²) < 4.78 is 0. The number of carboxylic acid groups (broad SMARTS) is 3. The third kappa shape index (κ3) is 69.3. The average molecular weight is 1080 g/mol. The van der Waals surface area contributed by atoms with Gasteiger partial charge in [-0.15, -0.1) is 0 Å². The van der Waals surface area contributed by atoms with Gasteiger partial charge < -0.3 is 61.3 Å². The molecule has 15 nitrogen and oxygen atoms in total. The minimum absolute atomic E-state index is 0.172. The van der Waals surface area contributed by atoms with Crippen LogP contribution >= 0.6 is 0 Å². The van der Waals surface area contributed by atoms with Gasteiger partial charge in [-0.2, -0.15) is 0 Å². The van der Waals surface area contributed by atoms with Gasteiger partial charge in [-0.05, 0) is 96.3 Å². The second-order valence-electron chi connectivity index (χ2n) is 20.2. The van der Waals surface area contributed by atoms with Gasteiger partial charge in [0.05, 0.1) is 31.5 Å². The largest absolute Gasteiger partial charge is 0.481 e. The molecule has 0 saturated heterocycles. The predicted molar refractivity (Wildman–Crippen MR) is 304 cm³/mol. The number of aliphatic hydroxyl groups is 9. The van der Waals surface area contributed by atoms with E-state index < -0.39 is 55.5 Å². The minimum Gasteiger partial charge on any atom is -0.481 e. The first-order valence-electron chi connectivity index (χ1n) is 29.6. The lowest BCUT2D eigenvalue weighted by Crippen LogP contribution is -2.46. The molecule has 0 aromatic rings. The maximum atomic E-state index is 10.3.